The van der Waals surface area contributed by atoms with Crippen LogP contribution in [0.25, 0.3) is 0 Å². The van der Waals surface area contributed by atoms with Gasteiger partial charge in [0.05, 0.1) is 7.11 Å². The van der Waals surface area contributed by atoms with Crippen molar-refractivity contribution in [3.05, 3.63) is 29.6 Å². The zero-order chi connectivity index (χ0) is 14.3. The molecule has 1 aromatic rings. The molecule has 0 aromatic heterocycles. The van der Waals surface area contributed by atoms with Crippen molar-refractivity contribution in [3.63, 3.8) is 0 Å². The summed E-state index contributed by atoms with van der Waals surface area (Å²) in [5, 5.41) is 3.45. The van der Waals surface area contributed by atoms with Gasteiger partial charge in [0.15, 0.2) is 0 Å². The maximum absolute atomic E-state index is 14.1. The SMILES string of the molecule is CCCNC(CC(C)CC)c1c(F)cccc1OC. The number of halogens is 1. The summed E-state index contributed by atoms with van der Waals surface area (Å²) in [5.74, 6) is 1.01. The van der Waals surface area contributed by atoms with Crippen molar-refractivity contribution in [1.29, 1.82) is 0 Å². The van der Waals surface area contributed by atoms with Gasteiger partial charge in [-0.1, -0.05) is 33.3 Å². The van der Waals surface area contributed by atoms with E-state index in [2.05, 4.69) is 26.1 Å². The fourth-order valence-corrected chi connectivity index (χ4v) is 2.22. The summed E-state index contributed by atoms with van der Waals surface area (Å²) in [6, 6.07) is 5.05. The van der Waals surface area contributed by atoms with Gasteiger partial charge in [-0.3, -0.25) is 0 Å². The number of rotatable bonds is 8. The molecule has 2 nitrogen and oxygen atoms in total. The molecule has 2 unspecified atom stereocenters. The lowest BCUT2D eigenvalue weighted by Gasteiger charge is -2.24. The van der Waals surface area contributed by atoms with Crippen LogP contribution in [0.15, 0.2) is 18.2 Å². The van der Waals surface area contributed by atoms with E-state index in [4.69, 9.17) is 4.74 Å². The molecule has 0 aliphatic heterocycles. The number of ether oxygens (including phenoxy) is 1. The number of hydrogen-bond acceptors (Lipinski definition) is 2. The lowest BCUT2D eigenvalue weighted by molar-refractivity contribution is 0.360. The van der Waals surface area contributed by atoms with Crippen LogP contribution in [0, 0.1) is 11.7 Å². The number of benzene rings is 1. The lowest BCUT2D eigenvalue weighted by atomic mass is 9.93. The van der Waals surface area contributed by atoms with Crippen molar-refractivity contribution in [2.45, 2.75) is 46.1 Å². The average molecular weight is 267 g/mol. The molecular weight excluding hydrogens is 241 g/mol. The zero-order valence-corrected chi connectivity index (χ0v) is 12.5. The molecule has 0 saturated heterocycles. The molecule has 0 saturated carbocycles. The van der Waals surface area contributed by atoms with Gasteiger partial charge in [-0.05, 0) is 37.4 Å². The summed E-state index contributed by atoms with van der Waals surface area (Å²) >= 11 is 0. The maximum atomic E-state index is 14.1. The fourth-order valence-electron chi connectivity index (χ4n) is 2.22. The predicted octanol–water partition coefficient (Wildman–Crippen LogP) is 4.31. The molecule has 1 rings (SSSR count). The van der Waals surface area contributed by atoms with Crippen molar-refractivity contribution < 1.29 is 9.13 Å². The van der Waals surface area contributed by atoms with Crippen LogP contribution in [0.3, 0.4) is 0 Å². The first-order valence-electron chi connectivity index (χ1n) is 7.19. The van der Waals surface area contributed by atoms with Crippen LogP contribution >= 0.6 is 0 Å². The molecule has 19 heavy (non-hydrogen) atoms. The molecule has 0 aliphatic carbocycles. The Balaban J connectivity index is 3.01. The van der Waals surface area contributed by atoms with Crippen LogP contribution < -0.4 is 10.1 Å². The van der Waals surface area contributed by atoms with Gasteiger partial charge in [0, 0.05) is 11.6 Å². The highest BCUT2D eigenvalue weighted by molar-refractivity contribution is 5.37. The minimum absolute atomic E-state index is 0.0195. The van der Waals surface area contributed by atoms with Gasteiger partial charge in [-0.15, -0.1) is 0 Å². The first-order chi connectivity index (χ1) is 9.13. The normalized spacial score (nSPS) is 14.2. The molecule has 1 aromatic carbocycles. The summed E-state index contributed by atoms with van der Waals surface area (Å²) in [5.41, 5.74) is 0.666. The smallest absolute Gasteiger partial charge is 0.131 e. The third kappa shape index (κ3) is 4.50. The van der Waals surface area contributed by atoms with Gasteiger partial charge in [0.25, 0.3) is 0 Å². The highest BCUT2D eigenvalue weighted by Crippen LogP contribution is 2.32. The Labute approximate surface area is 116 Å². The molecule has 0 bridgehead atoms. The maximum Gasteiger partial charge on any atom is 0.131 e. The number of methoxy groups -OCH3 is 1. The number of nitrogens with one attached hydrogen (secondary N) is 1. The summed E-state index contributed by atoms with van der Waals surface area (Å²) in [4.78, 5) is 0. The highest BCUT2D eigenvalue weighted by atomic mass is 19.1. The van der Waals surface area contributed by atoms with Crippen LogP contribution in [0.1, 0.15) is 51.6 Å². The van der Waals surface area contributed by atoms with E-state index in [1.807, 2.05) is 6.07 Å². The minimum Gasteiger partial charge on any atom is -0.496 e. The van der Waals surface area contributed by atoms with E-state index in [1.54, 1.807) is 13.2 Å². The summed E-state index contributed by atoms with van der Waals surface area (Å²) < 4.78 is 19.5. The molecule has 0 spiro atoms. The molecule has 3 heteroatoms. The monoisotopic (exact) mass is 267 g/mol. The Morgan fingerprint density at radius 3 is 2.63 bits per heavy atom. The first kappa shape index (κ1) is 16.0. The molecule has 0 radical (unpaired) electrons. The average Bonchev–Trinajstić information content (AvgIpc) is 2.43. The molecule has 0 amide bonds. The molecule has 0 aliphatic rings. The third-order valence-corrected chi connectivity index (χ3v) is 3.56. The van der Waals surface area contributed by atoms with Crippen molar-refractivity contribution in [3.8, 4) is 5.75 Å². The van der Waals surface area contributed by atoms with Crippen LogP contribution in [0.5, 0.6) is 5.75 Å². The zero-order valence-electron chi connectivity index (χ0n) is 12.5. The van der Waals surface area contributed by atoms with Crippen molar-refractivity contribution in [1.82, 2.24) is 5.32 Å². The second-order valence-electron chi connectivity index (χ2n) is 5.11. The van der Waals surface area contributed by atoms with E-state index < -0.39 is 0 Å². The molecule has 0 heterocycles. The second kappa shape index (κ2) is 8.16. The Kier molecular flexibility index (Phi) is 6.85. The molecule has 0 fully saturated rings. The van der Waals surface area contributed by atoms with E-state index >= 15 is 0 Å². The fraction of sp³-hybridized carbons (Fsp3) is 0.625. The molecule has 2 atom stereocenters. The van der Waals surface area contributed by atoms with Gasteiger partial charge >= 0.3 is 0 Å². The van der Waals surface area contributed by atoms with Gasteiger partial charge < -0.3 is 10.1 Å². The quantitative estimate of drug-likeness (QED) is 0.757. The van der Waals surface area contributed by atoms with Gasteiger partial charge in [0.2, 0.25) is 0 Å². The Hall–Kier alpha value is -1.09. The topological polar surface area (TPSA) is 21.3 Å². The molecule has 108 valence electrons. The van der Waals surface area contributed by atoms with Crippen LogP contribution in [0.2, 0.25) is 0 Å². The van der Waals surface area contributed by atoms with Crippen molar-refractivity contribution in [2.24, 2.45) is 5.92 Å². The summed E-state index contributed by atoms with van der Waals surface area (Å²) in [6.45, 7) is 7.37. The standard InChI is InChI=1S/C16H26FNO/c1-5-10-18-14(11-12(3)6-2)16-13(17)8-7-9-15(16)19-4/h7-9,12,14,18H,5-6,10-11H2,1-4H3. The van der Waals surface area contributed by atoms with Crippen LogP contribution in [-0.2, 0) is 0 Å². The van der Waals surface area contributed by atoms with Gasteiger partial charge in [0.1, 0.15) is 11.6 Å². The van der Waals surface area contributed by atoms with Crippen molar-refractivity contribution >= 4 is 0 Å². The van der Waals surface area contributed by atoms with Crippen molar-refractivity contribution in [2.75, 3.05) is 13.7 Å². The first-order valence-corrected chi connectivity index (χ1v) is 7.19. The van der Waals surface area contributed by atoms with E-state index in [1.165, 1.54) is 6.07 Å². The van der Waals surface area contributed by atoms with Crippen LogP contribution in [0.4, 0.5) is 4.39 Å². The Morgan fingerprint density at radius 1 is 1.32 bits per heavy atom. The largest absolute Gasteiger partial charge is 0.496 e. The van der Waals surface area contributed by atoms with Gasteiger partial charge in [-0.25, -0.2) is 4.39 Å². The molecule has 1 N–H and O–H groups in total. The molecular formula is C16H26FNO. The van der Waals surface area contributed by atoms with E-state index in [0.29, 0.717) is 17.2 Å². The predicted molar refractivity (Wildman–Crippen MR) is 78.1 cm³/mol. The number of hydrogen-bond donors (Lipinski definition) is 1. The second-order valence-corrected chi connectivity index (χ2v) is 5.11. The van der Waals surface area contributed by atoms with Crippen LogP contribution in [-0.4, -0.2) is 13.7 Å². The third-order valence-electron chi connectivity index (χ3n) is 3.56. The Bertz CT molecular complexity index is 381. The Morgan fingerprint density at radius 2 is 2.05 bits per heavy atom. The van der Waals surface area contributed by atoms with E-state index in [-0.39, 0.29) is 11.9 Å². The minimum atomic E-state index is -0.184. The van der Waals surface area contributed by atoms with E-state index in [0.717, 1.165) is 25.8 Å². The summed E-state index contributed by atoms with van der Waals surface area (Å²) in [7, 11) is 1.60. The lowest BCUT2D eigenvalue weighted by Crippen LogP contribution is -2.25. The highest BCUT2D eigenvalue weighted by Gasteiger charge is 2.21. The summed E-state index contributed by atoms with van der Waals surface area (Å²) in [6.07, 6.45) is 3.06. The van der Waals surface area contributed by atoms with Gasteiger partial charge in [-0.2, -0.15) is 0 Å². The van der Waals surface area contributed by atoms with E-state index in [9.17, 15) is 4.39 Å².